The Morgan fingerprint density at radius 3 is 2.44 bits per heavy atom. The minimum atomic E-state index is -4.87. The molecule has 1 aromatic heterocycles. The molecule has 13 heteroatoms. The van der Waals surface area contributed by atoms with E-state index in [0.717, 1.165) is 19.3 Å². The first-order chi connectivity index (χ1) is 16.8. The van der Waals surface area contributed by atoms with Crippen molar-refractivity contribution < 1.29 is 35.5 Å². The topological polar surface area (TPSA) is 115 Å². The van der Waals surface area contributed by atoms with Gasteiger partial charge in [-0.1, -0.05) is 26.0 Å². The fourth-order valence-corrected chi connectivity index (χ4v) is 4.24. The summed E-state index contributed by atoms with van der Waals surface area (Å²) in [7, 11) is -3.50. The molecule has 0 aliphatic carbocycles. The highest BCUT2D eigenvalue weighted by Crippen LogP contribution is 2.31. The number of allylic oxidation sites excluding steroid dienone is 2. The van der Waals surface area contributed by atoms with E-state index in [-0.39, 0.29) is 28.7 Å². The van der Waals surface area contributed by atoms with E-state index in [9.17, 15) is 26.4 Å². The van der Waals surface area contributed by atoms with Gasteiger partial charge in [0.1, 0.15) is 30.3 Å². The molecule has 2 aromatic rings. The lowest BCUT2D eigenvalue weighted by molar-refractivity contribution is -0.142. The Hall–Kier alpha value is -2.64. The Morgan fingerprint density at radius 2 is 1.86 bits per heavy atom. The monoisotopic (exact) mass is 593 g/mol. The average molecular weight is 594 g/mol. The van der Waals surface area contributed by atoms with Crippen LogP contribution in [0.1, 0.15) is 19.6 Å². The van der Waals surface area contributed by atoms with E-state index in [0.29, 0.717) is 12.1 Å². The third-order valence-electron chi connectivity index (χ3n) is 5.07. The Kier molecular flexibility index (Phi) is 10.3. The second kappa shape index (κ2) is 12.5. The fraction of sp³-hybridized carbons (Fsp3) is 0.391. The number of carbonyl (C=O) groups excluding carboxylic acids is 1. The third-order valence-corrected chi connectivity index (χ3v) is 6.98. The van der Waals surface area contributed by atoms with Crippen LogP contribution in [-0.2, 0) is 19.4 Å². The molecule has 0 aliphatic rings. The Morgan fingerprint density at radius 1 is 1.19 bits per heavy atom. The highest BCUT2D eigenvalue weighted by Gasteiger charge is 2.35. The number of furan rings is 1. The molecule has 0 saturated heterocycles. The van der Waals surface area contributed by atoms with Gasteiger partial charge in [-0.3, -0.25) is 9.79 Å². The molecule has 8 nitrogen and oxygen atoms in total. The highest BCUT2D eigenvalue weighted by atomic mass is 79.9. The Labute approximate surface area is 216 Å². The zero-order chi connectivity index (χ0) is 27.1. The van der Waals surface area contributed by atoms with Gasteiger partial charge in [-0.05, 0) is 53.3 Å². The standard InChI is InChI=1S/C23H27BrF3N3O5S/c1-4-30(5-2)11-12-34-19(31)14-29-21(20(24)22(28)23(25,26)27)18-10-9-17(35-18)15-7-6-8-16(13-15)36(3,32)33/h6-10,13H,4-5,11-12,14,28H2,1-3H3. The Bertz CT molecular complexity index is 1240. The summed E-state index contributed by atoms with van der Waals surface area (Å²) in [6.45, 7) is 5.52. The van der Waals surface area contributed by atoms with E-state index < -0.39 is 38.7 Å². The van der Waals surface area contributed by atoms with E-state index in [1.807, 2.05) is 18.7 Å². The van der Waals surface area contributed by atoms with Crippen LogP contribution in [0.2, 0.25) is 0 Å². The van der Waals surface area contributed by atoms with Gasteiger partial charge < -0.3 is 19.8 Å². The number of rotatable bonds is 11. The van der Waals surface area contributed by atoms with Crippen molar-refractivity contribution >= 4 is 37.4 Å². The van der Waals surface area contributed by atoms with Crippen LogP contribution in [0.25, 0.3) is 11.3 Å². The summed E-state index contributed by atoms with van der Waals surface area (Å²) in [5.41, 5.74) is 3.83. The minimum absolute atomic E-state index is 0.0432. The SMILES string of the molecule is CCN(CC)CCOC(=O)CN=C(C(Br)=C(N)C(F)(F)F)c1ccc(-c2cccc(S(C)(=O)=O)c2)o1. The van der Waals surface area contributed by atoms with Crippen LogP contribution >= 0.6 is 15.9 Å². The number of sulfone groups is 1. The van der Waals surface area contributed by atoms with Crippen LogP contribution in [-0.4, -0.2) is 70.2 Å². The number of ether oxygens (including phenoxy) is 1. The predicted molar refractivity (Wildman–Crippen MR) is 134 cm³/mol. The molecule has 2 rings (SSSR count). The van der Waals surface area contributed by atoms with Crippen LogP contribution in [0.5, 0.6) is 0 Å². The van der Waals surface area contributed by atoms with Crippen LogP contribution < -0.4 is 5.73 Å². The summed E-state index contributed by atoms with van der Waals surface area (Å²) >= 11 is 2.83. The smallest absolute Gasteiger partial charge is 0.431 e. The van der Waals surface area contributed by atoms with E-state index in [1.165, 1.54) is 30.3 Å². The summed E-state index contributed by atoms with van der Waals surface area (Å²) in [6, 6.07) is 8.66. The first-order valence-corrected chi connectivity index (χ1v) is 13.5. The fourth-order valence-electron chi connectivity index (χ4n) is 3.03. The van der Waals surface area contributed by atoms with Crippen molar-refractivity contribution in [3.8, 4) is 11.3 Å². The zero-order valence-electron chi connectivity index (χ0n) is 19.9. The number of esters is 1. The molecule has 0 saturated carbocycles. The number of hydrogen-bond acceptors (Lipinski definition) is 8. The molecule has 0 atom stereocenters. The summed E-state index contributed by atoms with van der Waals surface area (Å²) in [6.07, 6.45) is -3.82. The summed E-state index contributed by atoms with van der Waals surface area (Å²) in [4.78, 5) is 18.2. The number of halogens is 4. The lowest BCUT2D eigenvalue weighted by Gasteiger charge is -2.17. The number of hydrogen-bond donors (Lipinski definition) is 1. The van der Waals surface area contributed by atoms with E-state index in [1.54, 1.807) is 6.07 Å². The maximum Gasteiger partial charge on any atom is 0.431 e. The normalized spacial score (nSPS) is 13.6. The van der Waals surface area contributed by atoms with Gasteiger partial charge in [-0.2, -0.15) is 13.2 Å². The zero-order valence-corrected chi connectivity index (χ0v) is 22.3. The average Bonchev–Trinajstić information content (AvgIpc) is 3.30. The van der Waals surface area contributed by atoms with Crippen LogP contribution in [0.3, 0.4) is 0 Å². The molecular weight excluding hydrogens is 567 g/mol. The molecule has 1 heterocycles. The van der Waals surface area contributed by atoms with Crippen molar-refractivity contribution in [1.82, 2.24) is 4.90 Å². The van der Waals surface area contributed by atoms with E-state index in [2.05, 4.69) is 20.9 Å². The van der Waals surface area contributed by atoms with Gasteiger partial charge in [0.2, 0.25) is 0 Å². The lowest BCUT2D eigenvalue weighted by atomic mass is 10.2. The quantitative estimate of drug-likeness (QED) is 0.307. The molecule has 1 aromatic carbocycles. The number of nitrogens with two attached hydrogens (primary N) is 1. The highest BCUT2D eigenvalue weighted by molar-refractivity contribution is 9.12. The molecule has 36 heavy (non-hydrogen) atoms. The van der Waals surface area contributed by atoms with Crippen molar-refractivity contribution in [3.05, 3.63) is 52.3 Å². The van der Waals surface area contributed by atoms with Gasteiger partial charge in [-0.25, -0.2) is 8.42 Å². The Balaban J connectivity index is 2.37. The molecule has 198 valence electrons. The molecule has 0 spiro atoms. The molecular formula is C23H27BrF3N3O5S. The van der Waals surface area contributed by atoms with E-state index in [4.69, 9.17) is 14.9 Å². The molecule has 0 fully saturated rings. The number of aliphatic imine (C=N–C) groups is 1. The molecule has 0 radical (unpaired) electrons. The largest absolute Gasteiger partial charge is 0.463 e. The van der Waals surface area contributed by atoms with Crippen LogP contribution in [0, 0.1) is 0 Å². The van der Waals surface area contributed by atoms with Gasteiger partial charge in [0.05, 0.1) is 9.38 Å². The second-order valence-electron chi connectivity index (χ2n) is 7.60. The molecule has 0 aliphatic heterocycles. The van der Waals surface area contributed by atoms with Gasteiger partial charge >= 0.3 is 12.1 Å². The second-order valence-corrected chi connectivity index (χ2v) is 10.4. The minimum Gasteiger partial charge on any atom is -0.463 e. The predicted octanol–water partition coefficient (Wildman–Crippen LogP) is 4.15. The number of carbonyl (C=O) groups is 1. The van der Waals surface area contributed by atoms with Gasteiger partial charge in [0, 0.05) is 18.4 Å². The van der Waals surface area contributed by atoms with Gasteiger partial charge in [-0.15, -0.1) is 0 Å². The lowest BCUT2D eigenvalue weighted by Crippen LogP contribution is -2.28. The van der Waals surface area contributed by atoms with Crippen molar-refractivity contribution in [3.63, 3.8) is 0 Å². The maximum atomic E-state index is 13.3. The molecule has 0 unspecified atom stereocenters. The maximum absolute atomic E-state index is 13.3. The van der Waals surface area contributed by atoms with Crippen LogP contribution in [0.4, 0.5) is 13.2 Å². The number of alkyl halides is 3. The van der Waals surface area contributed by atoms with E-state index >= 15 is 0 Å². The van der Waals surface area contributed by atoms with Crippen molar-refractivity contribution in [2.75, 3.05) is 39.0 Å². The number of benzene rings is 1. The first kappa shape index (κ1) is 29.6. The molecule has 0 amide bonds. The third kappa shape index (κ3) is 8.20. The molecule has 0 bridgehead atoms. The van der Waals surface area contributed by atoms with Crippen molar-refractivity contribution in [2.45, 2.75) is 24.9 Å². The van der Waals surface area contributed by atoms with Crippen molar-refractivity contribution in [1.29, 1.82) is 0 Å². The number of likely N-dealkylation sites (N-methyl/N-ethyl adjacent to an activating group) is 1. The summed E-state index contributed by atoms with van der Waals surface area (Å²) in [5, 5.41) is 0. The number of nitrogens with zero attached hydrogens (tertiary/aromatic N) is 2. The van der Waals surface area contributed by atoms with Crippen molar-refractivity contribution in [2.24, 2.45) is 10.7 Å². The van der Waals surface area contributed by atoms with Crippen LogP contribution in [0.15, 0.2) is 60.9 Å². The summed E-state index contributed by atoms with van der Waals surface area (Å²) in [5.74, 6) is -0.682. The first-order valence-electron chi connectivity index (χ1n) is 10.8. The molecule has 2 N–H and O–H groups in total. The van der Waals surface area contributed by atoms with Gasteiger partial charge in [0.15, 0.2) is 15.6 Å². The summed E-state index contributed by atoms with van der Waals surface area (Å²) < 4.78 is 73.7. The van der Waals surface area contributed by atoms with Gasteiger partial charge in [0.25, 0.3) is 0 Å².